The Kier molecular flexibility index (Phi) is 5.32. The first-order chi connectivity index (χ1) is 8.01. The van der Waals surface area contributed by atoms with E-state index in [9.17, 15) is 13.2 Å². The van der Waals surface area contributed by atoms with E-state index >= 15 is 0 Å². The van der Waals surface area contributed by atoms with E-state index < -0.39 is 6.36 Å². The Morgan fingerprint density at radius 1 is 1.00 bits per heavy atom. The maximum atomic E-state index is 11.9. The maximum Gasteiger partial charge on any atom is 0.573 e. The highest BCUT2D eigenvalue weighted by atomic mass is 19.4. The molecule has 0 saturated heterocycles. The van der Waals surface area contributed by atoms with Crippen LogP contribution < -0.4 is 4.74 Å². The molecule has 0 aromatic heterocycles. The van der Waals surface area contributed by atoms with Crippen molar-refractivity contribution in [3.63, 3.8) is 0 Å². The molecule has 1 nitrogen and oxygen atoms in total. The summed E-state index contributed by atoms with van der Waals surface area (Å²) in [6.45, 7) is 3.75. The van der Waals surface area contributed by atoms with Gasteiger partial charge in [0.2, 0.25) is 0 Å². The lowest BCUT2D eigenvalue weighted by molar-refractivity contribution is -0.274. The molecule has 17 heavy (non-hydrogen) atoms. The fourth-order valence-electron chi connectivity index (χ4n) is 1.54. The summed E-state index contributed by atoms with van der Waals surface area (Å²) >= 11 is 0. The molecule has 0 aliphatic rings. The number of hydrogen-bond acceptors (Lipinski definition) is 1. The molecule has 1 aromatic rings. The highest BCUT2D eigenvalue weighted by Gasteiger charge is 2.30. The van der Waals surface area contributed by atoms with Crippen LogP contribution in [-0.2, 0) is 6.42 Å². The minimum absolute atomic E-state index is 0.168. The number of hydrogen-bond donors (Lipinski definition) is 0. The van der Waals surface area contributed by atoms with Crippen LogP contribution >= 0.6 is 0 Å². The summed E-state index contributed by atoms with van der Waals surface area (Å²) in [7, 11) is 0. The number of ether oxygens (including phenoxy) is 1. The van der Waals surface area contributed by atoms with Crippen LogP contribution in [-0.4, -0.2) is 6.36 Å². The van der Waals surface area contributed by atoms with Crippen molar-refractivity contribution in [1.82, 2.24) is 0 Å². The molecule has 4 heteroatoms. The van der Waals surface area contributed by atoms with E-state index in [1.165, 1.54) is 12.1 Å². The van der Waals surface area contributed by atoms with Gasteiger partial charge in [-0.05, 0) is 30.5 Å². The van der Waals surface area contributed by atoms with Crippen molar-refractivity contribution in [1.29, 1.82) is 0 Å². The molecule has 95 valence electrons. The summed E-state index contributed by atoms with van der Waals surface area (Å²) in [4.78, 5) is 0. The Balaban J connectivity index is 2.39. The van der Waals surface area contributed by atoms with Gasteiger partial charge >= 0.3 is 6.36 Å². The topological polar surface area (TPSA) is 9.23 Å². The van der Waals surface area contributed by atoms with E-state index in [4.69, 9.17) is 0 Å². The van der Waals surface area contributed by atoms with E-state index in [1.807, 2.05) is 0 Å². The molecule has 1 radical (unpaired) electrons. The standard InChI is InChI=1S/C13H16F3O/c1-2-3-4-5-6-11-7-9-12(10-8-11)17-13(14,15)16/h7-10H,1-6H2. The van der Waals surface area contributed by atoms with Gasteiger partial charge in [0.05, 0.1) is 0 Å². The van der Waals surface area contributed by atoms with Crippen molar-refractivity contribution in [2.45, 2.75) is 38.5 Å². The minimum atomic E-state index is -4.62. The molecule has 0 heterocycles. The van der Waals surface area contributed by atoms with Crippen molar-refractivity contribution in [3.8, 4) is 5.75 Å². The molecule has 1 rings (SSSR count). The number of alkyl halides is 3. The number of unbranched alkanes of at least 4 members (excludes halogenated alkanes) is 3. The molecular formula is C13H16F3O. The van der Waals surface area contributed by atoms with Crippen LogP contribution in [0.5, 0.6) is 5.75 Å². The first-order valence-corrected chi connectivity index (χ1v) is 5.65. The molecule has 1 aromatic carbocycles. The second-order valence-electron chi connectivity index (χ2n) is 3.86. The monoisotopic (exact) mass is 245 g/mol. The summed E-state index contributed by atoms with van der Waals surface area (Å²) in [6, 6.07) is 6.05. The fourth-order valence-corrected chi connectivity index (χ4v) is 1.54. The smallest absolute Gasteiger partial charge is 0.406 e. The van der Waals surface area contributed by atoms with Crippen LogP contribution in [0.4, 0.5) is 13.2 Å². The van der Waals surface area contributed by atoms with Crippen LogP contribution in [0.25, 0.3) is 0 Å². The zero-order chi connectivity index (χ0) is 12.7. The summed E-state index contributed by atoms with van der Waals surface area (Å²) in [5.41, 5.74) is 1.03. The lowest BCUT2D eigenvalue weighted by Gasteiger charge is -2.09. The molecule has 0 N–H and O–H groups in total. The lowest BCUT2D eigenvalue weighted by atomic mass is 10.1. The molecule has 0 amide bonds. The Bertz CT molecular complexity index is 316. The molecule has 0 unspecified atom stereocenters. The van der Waals surface area contributed by atoms with Gasteiger partial charge in [0.25, 0.3) is 0 Å². The van der Waals surface area contributed by atoms with E-state index in [1.54, 1.807) is 12.1 Å². The third kappa shape index (κ3) is 6.19. The van der Waals surface area contributed by atoms with E-state index in [-0.39, 0.29) is 5.75 Å². The van der Waals surface area contributed by atoms with E-state index in [0.717, 1.165) is 37.7 Å². The lowest BCUT2D eigenvalue weighted by Crippen LogP contribution is -2.17. The van der Waals surface area contributed by atoms with Crippen LogP contribution in [0, 0.1) is 6.92 Å². The number of rotatable bonds is 6. The Morgan fingerprint density at radius 3 is 2.18 bits per heavy atom. The first kappa shape index (κ1) is 13.9. The Hall–Kier alpha value is -1.19. The van der Waals surface area contributed by atoms with Gasteiger partial charge in [-0.25, -0.2) is 0 Å². The van der Waals surface area contributed by atoms with Gasteiger partial charge in [0, 0.05) is 0 Å². The molecule has 0 saturated carbocycles. The highest BCUT2D eigenvalue weighted by Crippen LogP contribution is 2.23. The van der Waals surface area contributed by atoms with E-state index in [2.05, 4.69) is 11.7 Å². The Morgan fingerprint density at radius 2 is 1.65 bits per heavy atom. The average molecular weight is 245 g/mol. The Labute approximate surface area is 99.6 Å². The summed E-state index contributed by atoms with van der Waals surface area (Å²) in [5, 5.41) is 0. The maximum absolute atomic E-state index is 11.9. The average Bonchev–Trinajstić information content (AvgIpc) is 2.25. The molecule has 0 spiro atoms. The van der Waals surface area contributed by atoms with Crippen LogP contribution in [0.2, 0.25) is 0 Å². The number of aryl methyl sites for hydroxylation is 1. The number of benzene rings is 1. The van der Waals surface area contributed by atoms with Gasteiger partial charge < -0.3 is 4.74 Å². The van der Waals surface area contributed by atoms with Crippen molar-refractivity contribution in [3.05, 3.63) is 36.8 Å². The van der Waals surface area contributed by atoms with E-state index in [0.29, 0.717) is 0 Å². The molecule has 0 atom stereocenters. The van der Waals surface area contributed by atoms with Crippen molar-refractivity contribution >= 4 is 0 Å². The summed E-state index contributed by atoms with van der Waals surface area (Å²) in [6.07, 6.45) is 0.425. The predicted octanol–water partition coefficient (Wildman–Crippen LogP) is 4.52. The summed E-state index contributed by atoms with van der Waals surface area (Å²) in [5.74, 6) is -0.168. The minimum Gasteiger partial charge on any atom is -0.406 e. The van der Waals surface area contributed by atoms with Gasteiger partial charge in [0.15, 0.2) is 0 Å². The molecular weight excluding hydrogens is 229 g/mol. The second kappa shape index (κ2) is 6.52. The molecule has 0 bridgehead atoms. The second-order valence-corrected chi connectivity index (χ2v) is 3.86. The normalized spacial score (nSPS) is 11.5. The van der Waals surface area contributed by atoms with Crippen LogP contribution in [0.1, 0.15) is 31.2 Å². The van der Waals surface area contributed by atoms with Gasteiger partial charge in [-0.3, -0.25) is 0 Å². The van der Waals surface area contributed by atoms with Gasteiger partial charge in [0.1, 0.15) is 5.75 Å². The number of halogens is 3. The van der Waals surface area contributed by atoms with Gasteiger partial charge in [-0.2, -0.15) is 0 Å². The third-order valence-electron chi connectivity index (χ3n) is 2.37. The van der Waals surface area contributed by atoms with Crippen molar-refractivity contribution < 1.29 is 17.9 Å². The molecule has 0 aliphatic heterocycles. The molecule has 0 fully saturated rings. The predicted molar refractivity (Wildman–Crippen MR) is 60.7 cm³/mol. The largest absolute Gasteiger partial charge is 0.573 e. The zero-order valence-corrected chi connectivity index (χ0v) is 9.59. The quantitative estimate of drug-likeness (QED) is 0.669. The first-order valence-electron chi connectivity index (χ1n) is 5.65. The van der Waals surface area contributed by atoms with Gasteiger partial charge in [-0.15, -0.1) is 13.2 Å². The van der Waals surface area contributed by atoms with Crippen LogP contribution in [0.15, 0.2) is 24.3 Å². The van der Waals surface area contributed by atoms with Gasteiger partial charge in [-0.1, -0.05) is 38.3 Å². The van der Waals surface area contributed by atoms with Crippen molar-refractivity contribution in [2.24, 2.45) is 0 Å². The summed E-state index contributed by atoms with van der Waals surface area (Å²) < 4.78 is 39.5. The highest BCUT2D eigenvalue weighted by molar-refractivity contribution is 5.27. The molecule has 0 aliphatic carbocycles. The zero-order valence-electron chi connectivity index (χ0n) is 9.59. The fraction of sp³-hybridized carbons (Fsp3) is 0.462. The third-order valence-corrected chi connectivity index (χ3v) is 2.37. The SMILES string of the molecule is [CH2]CCCCCc1ccc(OC(F)(F)F)cc1. The van der Waals surface area contributed by atoms with Crippen molar-refractivity contribution in [2.75, 3.05) is 0 Å². The van der Waals surface area contributed by atoms with Crippen LogP contribution in [0.3, 0.4) is 0 Å².